The molecular weight excluding hydrogens is 476 g/mol. The molecule has 9 heteroatoms. The predicted molar refractivity (Wildman–Crippen MR) is 131 cm³/mol. The van der Waals surface area contributed by atoms with Crippen LogP contribution in [0, 0.1) is 0 Å². The van der Waals surface area contributed by atoms with Gasteiger partial charge in [-0.15, -0.1) is 0 Å². The van der Waals surface area contributed by atoms with Crippen LogP contribution in [0.1, 0.15) is 31.0 Å². The number of fused-ring (bicyclic) bond motifs is 1. The maximum Gasteiger partial charge on any atom is 0.338 e. The van der Waals surface area contributed by atoms with Gasteiger partial charge in [0.05, 0.1) is 42.7 Å². The SMILES string of the molecule is CCOC(=O)C1=C(C)N=c2s/c(=C\c3ccc(OC)cc3OC)c(=O)n2C1c1ccc(Cl)cc1. The first-order valence-electron chi connectivity index (χ1n) is 10.5. The molecule has 0 spiro atoms. The summed E-state index contributed by atoms with van der Waals surface area (Å²) < 4.78 is 18.0. The van der Waals surface area contributed by atoms with Crippen LogP contribution in [0.2, 0.25) is 5.02 Å². The lowest BCUT2D eigenvalue weighted by molar-refractivity contribution is -0.139. The molecule has 0 aliphatic carbocycles. The number of allylic oxidation sites excluding steroid dienone is 1. The zero-order valence-corrected chi connectivity index (χ0v) is 20.7. The molecule has 0 radical (unpaired) electrons. The molecule has 1 aliphatic heterocycles. The van der Waals surface area contributed by atoms with E-state index >= 15 is 0 Å². The molecule has 0 saturated heterocycles. The van der Waals surface area contributed by atoms with Gasteiger partial charge >= 0.3 is 5.97 Å². The Balaban J connectivity index is 1.94. The van der Waals surface area contributed by atoms with Crippen LogP contribution in [0.15, 0.2) is 63.5 Å². The van der Waals surface area contributed by atoms with Crippen LogP contribution in [0.3, 0.4) is 0 Å². The highest BCUT2D eigenvalue weighted by molar-refractivity contribution is 7.07. The number of rotatable bonds is 6. The van der Waals surface area contributed by atoms with Crippen molar-refractivity contribution in [2.75, 3.05) is 20.8 Å². The second kappa shape index (κ2) is 9.87. The smallest absolute Gasteiger partial charge is 0.338 e. The molecule has 7 nitrogen and oxygen atoms in total. The van der Waals surface area contributed by atoms with Gasteiger partial charge in [-0.2, -0.15) is 0 Å². The Labute approximate surface area is 205 Å². The molecule has 1 unspecified atom stereocenters. The van der Waals surface area contributed by atoms with Gasteiger partial charge in [-0.1, -0.05) is 35.1 Å². The summed E-state index contributed by atoms with van der Waals surface area (Å²) >= 11 is 7.34. The average Bonchev–Trinajstić information content (AvgIpc) is 3.13. The van der Waals surface area contributed by atoms with Crippen LogP contribution in [-0.2, 0) is 9.53 Å². The first-order valence-corrected chi connectivity index (χ1v) is 11.7. The van der Waals surface area contributed by atoms with Crippen LogP contribution in [-0.4, -0.2) is 31.4 Å². The maximum absolute atomic E-state index is 13.6. The Kier molecular flexibility index (Phi) is 6.90. The van der Waals surface area contributed by atoms with Crippen molar-refractivity contribution in [3.63, 3.8) is 0 Å². The van der Waals surface area contributed by atoms with E-state index in [1.165, 1.54) is 15.9 Å². The summed E-state index contributed by atoms with van der Waals surface area (Å²) in [7, 11) is 3.13. The van der Waals surface area contributed by atoms with Crippen molar-refractivity contribution in [2.45, 2.75) is 19.9 Å². The number of nitrogens with zero attached hydrogens (tertiary/aromatic N) is 2. The second-order valence-corrected chi connectivity index (χ2v) is 8.91. The number of hydrogen-bond donors (Lipinski definition) is 0. The van der Waals surface area contributed by atoms with E-state index in [-0.39, 0.29) is 12.2 Å². The fourth-order valence-electron chi connectivity index (χ4n) is 3.83. The number of ether oxygens (including phenoxy) is 3. The van der Waals surface area contributed by atoms with Gasteiger partial charge in [0, 0.05) is 16.7 Å². The number of hydrogen-bond acceptors (Lipinski definition) is 7. The zero-order chi connectivity index (χ0) is 24.4. The van der Waals surface area contributed by atoms with E-state index in [9.17, 15) is 9.59 Å². The largest absolute Gasteiger partial charge is 0.497 e. The van der Waals surface area contributed by atoms with Crippen molar-refractivity contribution in [3.05, 3.63) is 89.6 Å². The van der Waals surface area contributed by atoms with Crippen LogP contribution < -0.4 is 24.4 Å². The van der Waals surface area contributed by atoms with E-state index in [0.717, 1.165) is 11.1 Å². The van der Waals surface area contributed by atoms with E-state index in [1.807, 2.05) is 6.07 Å². The van der Waals surface area contributed by atoms with Crippen molar-refractivity contribution < 1.29 is 19.0 Å². The molecule has 1 aliphatic rings. The van der Waals surface area contributed by atoms with Crippen molar-refractivity contribution in [2.24, 2.45) is 4.99 Å². The van der Waals surface area contributed by atoms with Crippen LogP contribution in [0.4, 0.5) is 0 Å². The molecule has 34 heavy (non-hydrogen) atoms. The average molecular weight is 499 g/mol. The molecule has 0 saturated carbocycles. The molecule has 0 bridgehead atoms. The van der Waals surface area contributed by atoms with Gasteiger partial charge in [-0.25, -0.2) is 9.79 Å². The molecule has 3 aromatic rings. The fraction of sp³-hybridized carbons (Fsp3) is 0.240. The van der Waals surface area contributed by atoms with Gasteiger partial charge in [0.15, 0.2) is 4.80 Å². The Morgan fingerprint density at radius 1 is 1.18 bits per heavy atom. The zero-order valence-electron chi connectivity index (χ0n) is 19.1. The Hall–Kier alpha value is -3.36. The number of carbonyl (C=O) groups is 1. The summed E-state index contributed by atoms with van der Waals surface area (Å²) in [4.78, 5) is 31.6. The first kappa shape index (κ1) is 23.8. The van der Waals surface area contributed by atoms with Gasteiger partial charge < -0.3 is 14.2 Å². The molecule has 0 fully saturated rings. The molecule has 1 aromatic heterocycles. The molecule has 4 rings (SSSR count). The highest BCUT2D eigenvalue weighted by atomic mass is 35.5. The van der Waals surface area contributed by atoms with E-state index in [2.05, 4.69) is 4.99 Å². The lowest BCUT2D eigenvalue weighted by atomic mass is 9.96. The molecule has 0 amide bonds. The number of methoxy groups -OCH3 is 2. The number of esters is 1. The molecule has 1 atom stereocenters. The Morgan fingerprint density at radius 3 is 2.56 bits per heavy atom. The third kappa shape index (κ3) is 4.38. The van der Waals surface area contributed by atoms with Gasteiger partial charge in [0.1, 0.15) is 11.5 Å². The quantitative estimate of drug-likeness (QED) is 0.486. The second-order valence-electron chi connectivity index (χ2n) is 7.46. The van der Waals surface area contributed by atoms with E-state index in [4.69, 9.17) is 25.8 Å². The standard InChI is InChI=1S/C25H23ClN2O5S/c1-5-33-24(30)21-14(2)27-25-28(22(21)15-6-9-17(26)10-7-15)23(29)20(34-25)12-16-8-11-18(31-3)13-19(16)32-4/h6-13,22H,5H2,1-4H3/b20-12-. The summed E-state index contributed by atoms with van der Waals surface area (Å²) in [6.45, 7) is 3.70. The molecule has 2 heterocycles. The van der Waals surface area contributed by atoms with Gasteiger partial charge in [-0.05, 0) is 49.8 Å². The van der Waals surface area contributed by atoms with E-state index in [1.54, 1.807) is 70.5 Å². The van der Waals surface area contributed by atoms with Crippen LogP contribution in [0.25, 0.3) is 6.08 Å². The van der Waals surface area contributed by atoms with Gasteiger partial charge in [0.2, 0.25) is 0 Å². The summed E-state index contributed by atoms with van der Waals surface area (Å²) in [6.07, 6.45) is 1.75. The van der Waals surface area contributed by atoms with Crippen LogP contribution >= 0.6 is 22.9 Å². The minimum absolute atomic E-state index is 0.213. The van der Waals surface area contributed by atoms with Crippen molar-refractivity contribution in [3.8, 4) is 11.5 Å². The molecule has 0 N–H and O–H groups in total. The molecular formula is C25H23ClN2O5S. The number of halogens is 1. The minimum atomic E-state index is -0.688. The highest BCUT2D eigenvalue weighted by Gasteiger charge is 2.33. The third-order valence-electron chi connectivity index (χ3n) is 5.43. The van der Waals surface area contributed by atoms with Gasteiger partial charge in [0.25, 0.3) is 5.56 Å². The van der Waals surface area contributed by atoms with Gasteiger partial charge in [-0.3, -0.25) is 9.36 Å². The summed E-state index contributed by atoms with van der Waals surface area (Å²) in [5.74, 6) is 0.713. The lowest BCUT2D eigenvalue weighted by Gasteiger charge is -2.24. The fourth-order valence-corrected chi connectivity index (χ4v) is 4.99. The first-order chi connectivity index (χ1) is 16.4. The number of benzene rings is 2. The normalized spacial score (nSPS) is 15.6. The topological polar surface area (TPSA) is 79.1 Å². The minimum Gasteiger partial charge on any atom is -0.497 e. The van der Waals surface area contributed by atoms with E-state index in [0.29, 0.717) is 37.1 Å². The number of aromatic nitrogens is 1. The Morgan fingerprint density at radius 2 is 1.91 bits per heavy atom. The summed E-state index contributed by atoms with van der Waals surface area (Å²) in [5, 5.41) is 0.557. The predicted octanol–water partition coefficient (Wildman–Crippen LogP) is 3.47. The number of thiazole rings is 1. The number of carbonyl (C=O) groups excluding carboxylic acids is 1. The molecule has 2 aromatic carbocycles. The Bertz CT molecular complexity index is 1450. The monoisotopic (exact) mass is 498 g/mol. The van der Waals surface area contributed by atoms with Crippen molar-refractivity contribution >= 4 is 35.0 Å². The van der Waals surface area contributed by atoms with Crippen molar-refractivity contribution in [1.29, 1.82) is 0 Å². The lowest BCUT2D eigenvalue weighted by Crippen LogP contribution is -2.39. The molecule has 176 valence electrons. The van der Waals surface area contributed by atoms with Crippen molar-refractivity contribution in [1.82, 2.24) is 4.57 Å². The third-order valence-corrected chi connectivity index (χ3v) is 6.66. The highest BCUT2D eigenvalue weighted by Crippen LogP contribution is 2.31. The van der Waals surface area contributed by atoms with Crippen LogP contribution in [0.5, 0.6) is 11.5 Å². The maximum atomic E-state index is 13.6. The summed E-state index contributed by atoms with van der Waals surface area (Å²) in [5.41, 5.74) is 2.02. The van der Waals surface area contributed by atoms with E-state index < -0.39 is 12.0 Å². The summed E-state index contributed by atoms with van der Waals surface area (Å²) in [6, 6.07) is 11.7.